The third-order valence-electron chi connectivity index (χ3n) is 2.54. The molecule has 13 heavy (non-hydrogen) atoms. The van der Waals surface area contributed by atoms with Crippen LogP contribution in [-0.2, 0) is 6.42 Å². The number of hydrogen-bond acceptors (Lipinski definition) is 2. The molecule has 1 aliphatic rings. The third-order valence-corrected chi connectivity index (χ3v) is 2.54. The third kappa shape index (κ3) is 1.29. The first-order valence-electron chi connectivity index (χ1n) is 4.34. The molecule has 1 aromatic rings. The van der Waals surface area contributed by atoms with Crippen LogP contribution in [0, 0.1) is 5.82 Å². The van der Waals surface area contributed by atoms with Crippen molar-refractivity contribution in [1.82, 2.24) is 0 Å². The number of aryl methyl sites for hydroxylation is 1. The number of rotatable bonds is 1. The van der Waals surface area contributed by atoms with Gasteiger partial charge in [0.1, 0.15) is 0 Å². The number of fused-ring (bicyclic) bond motifs is 1. The van der Waals surface area contributed by atoms with E-state index in [0.717, 1.165) is 24.0 Å². The van der Waals surface area contributed by atoms with Crippen molar-refractivity contribution in [2.24, 2.45) is 5.73 Å². The van der Waals surface area contributed by atoms with Gasteiger partial charge in [-0.25, -0.2) is 4.39 Å². The van der Waals surface area contributed by atoms with E-state index in [-0.39, 0.29) is 11.9 Å². The number of benzene rings is 1. The highest BCUT2D eigenvalue weighted by Crippen LogP contribution is 2.33. The lowest BCUT2D eigenvalue weighted by Crippen LogP contribution is -2.05. The van der Waals surface area contributed by atoms with E-state index in [9.17, 15) is 4.39 Å². The second-order valence-corrected chi connectivity index (χ2v) is 3.33. The minimum absolute atomic E-state index is 0.00425. The van der Waals surface area contributed by atoms with Crippen LogP contribution in [0.3, 0.4) is 0 Å². The topological polar surface area (TPSA) is 35.2 Å². The molecule has 2 rings (SSSR count). The quantitative estimate of drug-likeness (QED) is 0.716. The van der Waals surface area contributed by atoms with E-state index in [1.54, 1.807) is 6.07 Å². The Hall–Kier alpha value is -1.09. The summed E-state index contributed by atoms with van der Waals surface area (Å²) in [6.07, 6.45) is 1.83. The molecule has 1 aliphatic carbocycles. The van der Waals surface area contributed by atoms with Crippen LogP contribution in [0.25, 0.3) is 0 Å². The lowest BCUT2D eigenvalue weighted by molar-refractivity contribution is 0.386. The Bertz CT molecular complexity index is 338. The number of hydrogen-bond donors (Lipinski definition) is 1. The predicted molar refractivity (Wildman–Crippen MR) is 48.2 cm³/mol. The molecule has 70 valence electrons. The standard InChI is InChI=1S/C10H12FNO/c1-13-10-4-6-2-3-9(12)7(6)5-8(10)11/h4-5,9H,2-3,12H2,1H3/t9-/m1/s1. The highest BCUT2D eigenvalue weighted by atomic mass is 19.1. The van der Waals surface area contributed by atoms with Gasteiger partial charge >= 0.3 is 0 Å². The van der Waals surface area contributed by atoms with E-state index in [2.05, 4.69) is 0 Å². The summed E-state index contributed by atoms with van der Waals surface area (Å²) in [7, 11) is 1.47. The largest absolute Gasteiger partial charge is 0.494 e. The molecule has 1 aromatic carbocycles. The molecule has 0 heterocycles. The minimum atomic E-state index is -0.321. The maximum Gasteiger partial charge on any atom is 0.165 e. The zero-order valence-electron chi connectivity index (χ0n) is 7.51. The van der Waals surface area contributed by atoms with Crippen LogP contribution in [0.2, 0.25) is 0 Å². The summed E-state index contributed by atoms with van der Waals surface area (Å²) in [4.78, 5) is 0. The van der Waals surface area contributed by atoms with Gasteiger partial charge < -0.3 is 10.5 Å². The molecule has 0 radical (unpaired) electrons. The lowest BCUT2D eigenvalue weighted by atomic mass is 10.1. The number of halogens is 1. The van der Waals surface area contributed by atoms with Crippen LogP contribution in [-0.4, -0.2) is 7.11 Å². The number of ether oxygens (including phenoxy) is 1. The first-order chi connectivity index (χ1) is 6.22. The molecule has 1 atom stereocenters. The summed E-state index contributed by atoms with van der Waals surface area (Å²) in [5, 5.41) is 0. The summed E-state index contributed by atoms with van der Waals surface area (Å²) >= 11 is 0. The van der Waals surface area contributed by atoms with Gasteiger partial charge in [0.15, 0.2) is 11.6 Å². The van der Waals surface area contributed by atoms with Crippen LogP contribution < -0.4 is 10.5 Å². The normalized spacial score (nSPS) is 20.1. The Morgan fingerprint density at radius 1 is 1.54 bits per heavy atom. The van der Waals surface area contributed by atoms with Gasteiger partial charge in [0, 0.05) is 6.04 Å². The first kappa shape index (κ1) is 8.51. The molecule has 0 saturated carbocycles. The van der Waals surface area contributed by atoms with Crippen molar-refractivity contribution in [3.8, 4) is 5.75 Å². The molecule has 0 bridgehead atoms. The van der Waals surface area contributed by atoms with Gasteiger partial charge in [0.2, 0.25) is 0 Å². The molecule has 2 N–H and O–H groups in total. The average molecular weight is 181 g/mol. The smallest absolute Gasteiger partial charge is 0.165 e. The Kier molecular flexibility index (Phi) is 1.96. The van der Waals surface area contributed by atoms with Gasteiger partial charge in [-0.3, -0.25) is 0 Å². The Labute approximate surface area is 76.5 Å². The number of methoxy groups -OCH3 is 1. The molecule has 0 unspecified atom stereocenters. The summed E-state index contributed by atoms with van der Waals surface area (Å²) in [5.74, 6) is -0.00792. The predicted octanol–water partition coefficient (Wildman–Crippen LogP) is 1.78. The van der Waals surface area contributed by atoms with E-state index in [1.807, 2.05) is 0 Å². The van der Waals surface area contributed by atoms with Crippen molar-refractivity contribution in [1.29, 1.82) is 0 Å². The van der Waals surface area contributed by atoms with Crippen molar-refractivity contribution in [3.05, 3.63) is 29.1 Å². The molecule has 0 saturated heterocycles. The second kappa shape index (κ2) is 3.00. The van der Waals surface area contributed by atoms with Gasteiger partial charge in [0.25, 0.3) is 0 Å². The van der Waals surface area contributed by atoms with Crippen molar-refractivity contribution in [2.75, 3.05) is 7.11 Å². The molecule has 0 spiro atoms. The van der Waals surface area contributed by atoms with Crippen LogP contribution >= 0.6 is 0 Å². The van der Waals surface area contributed by atoms with E-state index in [4.69, 9.17) is 10.5 Å². The molecule has 3 heteroatoms. The maximum atomic E-state index is 13.2. The van der Waals surface area contributed by atoms with Crippen LogP contribution in [0.4, 0.5) is 4.39 Å². The lowest BCUT2D eigenvalue weighted by Gasteiger charge is -2.07. The van der Waals surface area contributed by atoms with Crippen LogP contribution in [0.1, 0.15) is 23.6 Å². The monoisotopic (exact) mass is 181 g/mol. The fourth-order valence-corrected chi connectivity index (χ4v) is 1.80. The van der Waals surface area contributed by atoms with Crippen molar-refractivity contribution >= 4 is 0 Å². The Morgan fingerprint density at radius 2 is 2.31 bits per heavy atom. The van der Waals surface area contributed by atoms with Crippen molar-refractivity contribution in [3.63, 3.8) is 0 Å². The molecule has 0 aliphatic heterocycles. The van der Waals surface area contributed by atoms with E-state index >= 15 is 0 Å². The number of nitrogens with two attached hydrogens (primary N) is 1. The Morgan fingerprint density at radius 3 is 3.00 bits per heavy atom. The summed E-state index contributed by atoms with van der Waals surface area (Å²) < 4.78 is 18.1. The molecule has 0 amide bonds. The van der Waals surface area contributed by atoms with Gasteiger partial charge in [0.05, 0.1) is 7.11 Å². The zero-order valence-corrected chi connectivity index (χ0v) is 7.51. The van der Waals surface area contributed by atoms with E-state index in [1.165, 1.54) is 13.2 Å². The van der Waals surface area contributed by atoms with Gasteiger partial charge in [-0.15, -0.1) is 0 Å². The van der Waals surface area contributed by atoms with E-state index in [0.29, 0.717) is 5.75 Å². The molecule has 0 fully saturated rings. The highest BCUT2D eigenvalue weighted by Gasteiger charge is 2.21. The van der Waals surface area contributed by atoms with Gasteiger partial charge in [-0.1, -0.05) is 0 Å². The Balaban J connectivity index is 2.50. The highest BCUT2D eigenvalue weighted by molar-refractivity contribution is 5.41. The molecular formula is C10H12FNO. The fourth-order valence-electron chi connectivity index (χ4n) is 1.80. The maximum absolute atomic E-state index is 13.2. The fraction of sp³-hybridized carbons (Fsp3) is 0.400. The SMILES string of the molecule is COc1cc2c(cc1F)[C@H](N)CC2. The second-order valence-electron chi connectivity index (χ2n) is 3.33. The van der Waals surface area contributed by atoms with Crippen molar-refractivity contribution in [2.45, 2.75) is 18.9 Å². The minimum Gasteiger partial charge on any atom is -0.494 e. The summed E-state index contributed by atoms with van der Waals surface area (Å²) in [6, 6.07) is 3.24. The first-order valence-corrected chi connectivity index (χ1v) is 4.34. The van der Waals surface area contributed by atoms with Crippen LogP contribution in [0.5, 0.6) is 5.75 Å². The molecule has 2 nitrogen and oxygen atoms in total. The average Bonchev–Trinajstić information content (AvgIpc) is 2.47. The van der Waals surface area contributed by atoms with Crippen molar-refractivity contribution < 1.29 is 9.13 Å². The zero-order chi connectivity index (χ0) is 9.42. The van der Waals surface area contributed by atoms with E-state index < -0.39 is 0 Å². The summed E-state index contributed by atoms with van der Waals surface area (Å²) in [5.41, 5.74) is 7.84. The van der Waals surface area contributed by atoms with Gasteiger partial charge in [-0.05, 0) is 36.1 Å². The summed E-state index contributed by atoms with van der Waals surface area (Å²) in [6.45, 7) is 0. The molecular weight excluding hydrogens is 169 g/mol. The van der Waals surface area contributed by atoms with Crippen LogP contribution in [0.15, 0.2) is 12.1 Å². The van der Waals surface area contributed by atoms with Gasteiger partial charge in [-0.2, -0.15) is 0 Å². The molecule has 0 aromatic heterocycles.